The molecule has 1 N–H and O–H groups in total. The predicted octanol–water partition coefficient (Wildman–Crippen LogP) is 3.06. The number of carbonyl (C=O) groups excluding carboxylic acids is 1. The molecule has 9 nitrogen and oxygen atoms in total. The highest BCUT2D eigenvalue weighted by molar-refractivity contribution is 8.00. The number of furan rings is 1. The van der Waals surface area contributed by atoms with E-state index in [9.17, 15) is 14.4 Å². The van der Waals surface area contributed by atoms with Crippen LogP contribution in [0.4, 0.5) is 0 Å². The Kier molecular flexibility index (Phi) is 5.73. The second kappa shape index (κ2) is 8.47. The topological polar surface area (TPSA) is 104 Å². The van der Waals surface area contributed by atoms with E-state index in [2.05, 4.69) is 14.9 Å². The van der Waals surface area contributed by atoms with Crippen molar-refractivity contribution in [2.24, 2.45) is 14.1 Å². The highest BCUT2D eigenvalue weighted by atomic mass is 35.5. The maximum absolute atomic E-state index is 13.5. The minimum atomic E-state index is -0.408. The van der Waals surface area contributed by atoms with Crippen LogP contribution >= 0.6 is 34.7 Å². The molecular weight excluding hydrogens is 498 g/mol. The van der Waals surface area contributed by atoms with Crippen molar-refractivity contribution in [2.75, 3.05) is 6.54 Å². The number of thiazole rings is 1. The van der Waals surface area contributed by atoms with Crippen LogP contribution in [0.3, 0.4) is 0 Å². The highest BCUT2D eigenvalue weighted by Gasteiger charge is 2.38. The fraction of sp³-hybridized carbons (Fsp3) is 0.364. The fourth-order valence-corrected chi connectivity index (χ4v) is 6.86. The summed E-state index contributed by atoms with van der Waals surface area (Å²) in [4.78, 5) is 42.7. The van der Waals surface area contributed by atoms with Crippen molar-refractivity contribution in [1.82, 2.24) is 24.0 Å². The van der Waals surface area contributed by atoms with E-state index in [0.29, 0.717) is 40.5 Å². The summed E-state index contributed by atoms with van der Waals surface area (Å²) in [5.41, 5.74) is 2.08. The zero-order valence-electron chi connectivity index (χ0n) is 18.9. The molecule has 4 aromatic heterocycles. The molecule has 0 bridgehead atoms. The van der Waals surface area contributed by atoms with Crippen molar-refractivity contribution in [1.29, 1.82) is 0 Å². The molecule has 0 radical (unpaired) electrons. The number of aryl methyl sites for hydroxylation is 2. The van der Waals surface area contributed by atoms with Crippen LogP contribution in [-0.2, 0) is 25.4 Å². The van der Waals surface area contributed by atoms with Gasteiger partial charge >= 0.3 is 5.69 Å². The molecule has 1 aliphatic rings. The summed E-state index contributed by atoms with van der Waals surface area (Å²) in [5.74, 6) is 0.492. The number of hydrogen-bond acceptors (Lipinski definition) is 7. The van der Waals surface area contributed by atoms with Crippen molar-refractivity contribution in [3.63, 3.8) is 0 Å². The molecule has 12 heteroatoms. The average molecular weight is 520 g/mol. The van der Waals surface area contributed by atoms with E-state index in [-0.39, 0.29) is 27.2 Å². The van der Waals surface area contributed by atoms with Crippen molar-refractivity contribution >= 4 is 51.5 Å². The van der Waals surface area contributed by atoms with Crippen LogP contribution in [0, 0.1) is 6.92 Å². The summed E-state index contributed by atoms with van der Waals surface area (Å²) < 4.78 is 10.5. The summed E-state index contributed by atoms with van der Waals surface area (Å²) in [7, 11) is 3.15. The van der Waals surface area contributed by atoms with Gasteiger partial charge in [-0.25, -0.2) is 9.78 Å². The van der Waals surface area contributed by atoms with Gasteiger partial charge in [-0.3, -0.25) is 18.7 Å². The lowest BCUT2D eigenvalue weighted by atomic mass is 10.2. The third-order valence-electron chi connectivity index (χ3n) is 5.92. The second-order valence-electron chi connectivity index (χ2n) is 8.28. The largest absolute Gasteiger partial charge is 0.448 e. The molecule has 0 fully saturated rings. The molecule has 5 heterocycles. The molecular formula is C22H22ClN5O4S2. The first-order chi connectivity index (χ1) is 16.2. The molecule has 178 valence electrons. The van der Waals surface area contributed by atoms with Crippen LogP contribution in [0.2, 0.25) is 5.22 Å². The van der Waals surface area contributed by atoms with Crippen molar-refractivity contribution in [3.8, 4) is 10.7 Å². The first kappa shape index (κ1) is 23.0. The van der Waals surface area contributed by atoms with E-state index in [1.165, 1.54) is 29.9 Å². The average Bonchev–Trinajstić information content (AvgIpc) is 3.50. The minimum absolute atomic E-state index is 0.0206. The van der Waals surface area contributed by atoms with Crippen LogP contribution in [0.25, 0.3) is 21.6 Å². The van der Waals surface area contributed by atoms with Gasteiger partial charge in [0.05, 0.1) is 22.3 Å². The molecule has 2 atom stereocenters. The number of fused-ring (bicyclic) bond motifs is 3. The number of nitrogens with zero attached hydrogens (tertiary/aromatic N) is 4. The van der Waals surface area contributed by atoms with Gasteiger partial charge in [0.15, 0.2) is 5.22 Å². The Morgan fingerprint density at radius 2 is 2.06 bits per heavy atom. The molecule has 34 heavy (non-hydrogen) atoms. The van der Waals surface area contributed by atoms with Crippen LogP contribution in [0.15, 0.2) is 31.5 Å². The molecule has 4 aromatic rings. The third-order valence-corrected chi connectivity index (χ3v) is 8.52. The molecule has 2 unspecified atom stereocenters. The number of thioether (sulfide) groups is 1. The summed E-state index contributed by atoms with van der Waals surface area (Å²) >= 11 is 9.17. The molecule has 0 aromatic carbocycles. The monoisotopic (exact) mass is 519 g/mol. The van der Waals surface area contributed by atoms with E-state index in [4.69, 9.17) is 16.0 Å². The van der Waals surface area contributed by atoms with Crippen molar-refractivity contribution in [2.45, 2.75) is 30.9 Å². The maximum atomic E-state index is 13.5. The Bertz CT molecular complexity index is 1560. The zero-order chi connectivity index (χ0) is 24.3. The van der Waals surface area contributed by atoms with E-state index in [1.54, 1.807) is 30.9 Å². The maximum Gasteiger partial charge on any atom is 0.331 e. The van der Waals surface area contributed by atoms with Crippen molar-refractivity contribution < 1.29 is 9.21 Å². The number of aromatic nitrogens is 4. The van der Waals surface area contributed by atoms with E-state index >= 15 is 0 Å². The van der Waals surface area contributed by atoms with Gasteiger partial charge in [0.25, 0.3) is 5.56 Å². The predicted molar refractivity (Wildman–Crippen MR) is 134 cm³/mol. The number of nitrogens with one attached hydrogen (secondary N) is 1. The summed E-state index contributed by atoms with van der Waals surface area (Å²) in [6.45, 7) is 4.34. The number of amides is 1. The lowest BCUT2D eigenvalue weighted by molar-refractivity contribution is -0.118. The fourth-order valence-electron chi connectivity index (χ4n) is 4.43. The quantitative estimate of drug-likeness (QED) is 0.444. The van der Waals surface area contributed by atoms with E-state index in [0.717, 1.165) is 16.0 Å². The lowest BCUT2D eigenvalue weighted by Crippen LogP contribution is -2.37. The first-order valence-corrected chi connectivity index (χ1v) is 12.8. The smallest absolute Gasteiger partial charge is 0.331 e. The van der Waals surface area contributed by atoms with E-state index < -0.39 is 5.69 Å². The van der Waals surface area contributed by atoms with Crippen LogP contribution in [-0.4, -0.2) is 36.4 Å². The van der Waals surface area contributed by atoms with Gasteiger partial charge in [-0.05, 0) is 30.7 Å². The Morgan fingerprint density at radius 3 is 2.68 bits per heavy atom. The van der Waals surface area contributed by atoms with E-state index in [1.807, 2.05) is 12.3 Å². The van der Waals surface area contributed by atoms with Crippen LogP contribution < -0.4 is 16.6 Å². The molecule has 0 spiro atoms. The summed E-state index contributed by atoms with van der Waals surface area (Å²) in [6, 6.07) is 3.48. The Morgan fingerprint density at radius 1 is 1.29 bits per heavy atom. The lowest BCUT2D eigenvalue weighted by Gasteiger charge is -2.31. The Hall–Kier alpha value is -2.76. The molecule has 5 rings (SSSR count). The van der Waals surface area contributed by atoms with Crippen LogP contribution in [0.5, 0.6) is 0 Å². The van der Waals surface area contributed by atoms with Gasteiger partial charge in [0, 0.05) is 50.4 Å². The summed E-state index contributed by atoms with van der Waals surface area (Å²) in [6.07, 6.45) is 0. The zero-order valence-corrected chi connectivity index (χ0v) is 21.3. The Balaban J connectivity index is 1.87. The van der Waals surface area contributed by atoms with Gasteiger partial charge in [0.2, 0.25) is 5.91 Å². The van der Waals surface area contributed by atoms with Crippen LogP contribution in [0.1, 0.15) is 29.3 Å². The molecule has 0 saturated heterocycles. The van der Waals surface area contributed by atoms with Gasteiger partial charge in [-0.2, -0.15) is 0 Å². The second-order valence-corrected chi connectivity index (χ2v) is 10.9. The molecule has 1 amide bonds. The first-order valence-electron chi connectivity index (χ1n) is 10.6. The third kappa shape index (κ3) is 3.62. The molecule has 0 aliphatic carbocycles. The SMILES string of the molecule is CC(=O)NCC1Cn2c(-c3nc(C)cs3)c3c(=O)n(C)c(=O)n(C)c3c2C(c2ccc(Cl)o2)S1. The highest BCUT2D eigenvalue weighted by Crippen LogP contribution is 2.49. The van der Waals surface area contributed by atoms with Gasteiger partial charge < -0.3 is 14.3 Å². The summed E-state index contributed by atoms with van der Waals surface area (Å²) in [5, 5.41) is 5.85. The van der Waals surface area contributed by atoms with Crippen molar-refractivity contribution in [3.05, 3.63) is 60.7 Å². The molecule has 1 aliphatic heterocycles. The minimum Gasteiger partial charge on any atom is -0.448 e. The number of hydrogen-bond donors (Lipinski definition) is 1. The molecule has 0 saturated carbocycles. The normalized spacial score (nSPS) is 17.8. The Labute approximate surface area is 207 Å². The number of rotatable bonds is 4. The van der Waals surface area contributed by atoms with Gasteiger partial charge in [-0.15, -0.1) is 23.1 Å². The number of carbonyl (C=O) groups is 1. The number of halogens is 1. The van der Waals surface area contributed by atoms with Gasteiger partial charge in [-0.1, -0.05) is 0 Å². The standard InChI is InChI=1S/C22H22ClN5O4S2/c1-10-9-33-20(25-10)17-15-16(26(3)22(31)27(4)21(15)30)18-19(13-5-6-14(23)32-13)34-12(8-28(17)18)7-24-11(2)29/h5-6,9,12,19H,7-8H2,1-4H3,(H,24,29). The van der Waals surface area contributed by atoms with Gasteiger partial charge in [0.1, 0.15) is 16.0 Å².